The van der Waals surface area contributed by atoms with E-state index < -0.39 is 0 Å². The van der Waals surface area contributed by atoms with Crippen LogP contribution in [0, 0.1) is 6.92 Å². The Labute approximate surface area is 103 Å². The van der Waals surface area contributed by atoms with Gasteiger partial charge >= 0.3 is 0 Å². The summed E-state index contributed by atoms with van der Waals surface area (Å²) in [5.74, 6) is 3.86. The molecule has 5 heteroatoms. The molecule has 5 nitrogen and oxygen atoms in total. The summed E-state index contributed by atoms with van der Waals surface area (Å²) in [6, 6.07) is 5.85. The van der Waals surface area contributed by atoms with Gasteiger partial charge in [0.15, 0.2) is 17.2 Å². The van der Waals surface area contributed by atoms with E-state index in [0.717, 1.165) is 23.0 Å². The Morgan fingerprint density at radius 1 is 1.28 bits per heavy atom. The zero-order valence-electron chi connectivity index (χ0n) is 10.00. The van der Waals surface area contributed by atoms with Gasteiger partial charge in [-0.3, -0.25) is 0 Å². The van der Waals surface area contributed by atoms with Gasteiger partial charge in [-0.05, 0) is 31.9 Å². The minimum atomic E-state index is 0.607. The molecule has 0 unspecified atom stereocenters. The molecule has 3 aromatic heterocycles. The maximum absolute atomic E-state index is 5.86. The van der Waals surface area contributed by atoms with Crippen molar-refractivity contribution in [3.05, 3.63) is 36.0 Å². The van der Waals surface area contributed by atoms with E-state index in [9.17, 15) is 0 Å². The standard InChI is InChI=1S/C13H12N4O/c1-8-15-12-6-7-14-13(17(12)16-8)11-5-4-10(18-11)9-2-3-9/h4-7,9H,2-3H2,1H3. The fourth-order valence-electron chi connectivity index (χ4n) is 2.15. The molecular weight excluding hydrogens is 228 g/mol. The maximum atomic E-state index is 5.86. The molecule has 0 bridgehead atoms. The topological polar surface area (TPSA) is 56.2 Å². The number of aromatic nitrogens is 4. The molecule has 1 aliphatic carbocycles. The molecule has 90 valence electrons. The highest BCUT2D eigenvalue weighted by Gasteiger charge is 2.27. The minimum Gasteiger partial charge on any atom is -0.457 e. The van der Waals surface area contributed by atoms with Gasteiger partial charge in [-0.1, -0.05) is 0 Å². The highest BCUT2D eigenvalue weighted by molar-refractivity contribution is 5.53. The van der Waals surface area contributed by atoms with Gasteiger partial charge in [-0.2, -0.15) is 4.52 Å². The molecule has 0 N–H and O–H groups in total. The highest BCUT2D eigenvalue weighted by atomic mass is 16.3. The quantitative estimate of drug-likeness (QED) is 0.690. The van der Waals surface area contributed by atoms with Crippen molar-refractivity contribution in [1.29, 1.82) is 0 Å². The lowest BCUT2D eigenvalue weighted by molar-refractivity contribution is 0.519. The summed E-state index contributed by atoms with van der Waals surface area (Å²) in [4.78, 5) is 8.67. The predicted octanol–water partition coefficient (Wildman–Crippen LogP) is 2.57. The third-order valence-electron chi connectivity index (χ3n) is 3.19. The summed E-state index contributed by atoms with van der Waals surface area (Å²) >= 11 is 0. The normalized spacial score (nSPS) is 15.4. The SMILES string of the molecule is Cc1nc2ccnc(-c3ccc(C4CC4)o3)n2n1. The molecule has 0 atom stereocenters. The van der Waals surface area contributed by atoms with Crippen LogP contribution in [-0.2, 0) is 0 Å². The lowest BCUT2D eigenvalue weighted by Crippen LogP contribution is -1.96. The Hall–Kier alpha value is -2.17. The molecular formula is C13H12N4O. The first-order valence-corrected chi connectivity index (χ1v) is 6.10. The number of furan rings is 1. The van der Waals surface area contributed by atoms with E-state index in [4.69, 9.17) is 4.42 Å². The van der Waals surface area contributed by atoms with Gasteiger partial charge in [0.05, 0.1) is 0 Å². The Balaban J connectivity index is 1.89. The number of hydrogen-bond acceptors (Lipinski definition) is 4. The van der Waals surface area contributed by atoms with Crippen LogP contribution in [0.4, 0.5) is 0 Å². The molecule has 3 aromatic rings. The predicted molar refractivity (Wildman–Crippen MR) is 65.2 cm³/mol. The van der Waals surface area contributed by atoms with E-state index >= 15 is 0 Å². The van der Waals surface area contributed by atoms with Crippen LogP contribution in [-0.4, -0.2) is 19.6 Å². The van der Waals surface area contributed by atoms with Gasteiger partial charge in [0, 0.05) is 18.2 Å². The molecule has 0 aromatic carbocycles. The second-order valence-electron chi connectivity index (χ2n) is 4.67. The van der Waals surface area contributed by atoms with Crippen molar-refractivity contribution in [2.45, 2.75) is 25.7 Å². The van der Waals surface area contributed by atoms with Crippen LogP contribution >= 0.6 is 0 Å². The van der Waals surface area contributed by atoms with Crippen LogP contribution in [0.2, 0.25) is 0 Å². The van der Waals surface area contributed by atoms with Crippen LogP contribution < -0.4 is 0 Å². The van der Waals surface area contributed by atoms with E-state index in [-0.39, 0.29) is 0 Å². The summed E-state index contributed by atoms with van der Waals surface area (Å²) in [6.45, 7) is 1.87. The molecule has 3 heterocycles. The van der Waals surface area contributed by atoms with Crippen LogP contribution in [0.3, 0.4) is 0 Å². The molecule has 1 saturated carbocycles. The number of fused-ring (bicyclic) bond motifs is 1. The summed E-state index contributed by atoms with van der Waals surface area (Å²) in [6.07, 6.45) is 4.19. The fourth-order valence-corrected chi connectivity index (χ4v) is 2.15. The number of rotatable bonds is 2. The minimum absolute atomic E-state index is 0.607. The summed E-state index contributed by atoms with van der Waals surface area (Å²) < 4.78 is 7.59. The molecule has 0 radical (unpaired) electrons. The lowest BCUT2D eigenvalue weighted by Gasteiger charge is -1.98. The molecule has 0 spiro atoms. The van der Waals surface area contributed by atoms with Gasteiger partial charge < -0.3 is 4.42 Å². The largest absolute Gasteiger partial charge is 0.457 e. The van der Waals surface area contributed by atoms with Gasteiger partial charge in [0.25, 0.3) is 0 Å². The molecule has 0 saturated heterocycles. The lowest BCUT2D eigenvalue weighted by atomic mass is 10.3. The Morgan fingerprint density at radius 3 is 3.00 bits per heavy atom. The van der Waals surface area contributed by atoms with Crippen LogP contribution in [0.1, 0.15) is 30.3 Å². The number of hydrogen-bond donors (Lipinski definition) is 0. The van der Waals surface area contributed by atoms with E-state index in [2.05, 4.69) is 15.1 Å². The molecule has 4 rings (SSSR count). The van der Waals surface area contributed by atoms with Crippen molar-refractivity contribution >= 4 is 5.65 Å². The van der Waals surface area contributed by atoms with E-state index in [1.165, 1.54) is 12.8 Å². The molecule has 0 amide bonds. The van der Waals surface area contributed by atoms with Crippen molar-refractivity contribution in [1.82, 2.24) is 19.6 Å². The molecule has 1 fully saturated rings. The maximum Gasteiger partial charge on any atom is 0.198 e. The van der Waals surface area contributed by atoms with Gasteiger partial charge in [0.1, 0.15) is 11.6 Å². The Kier molecular flexibility index (Phi) is 1.86. The second-order valence-corrected chi connectivity index (χ2v) is 4.67. The van der Waals surface area contributed by atoms with Crippen LogP contribution in [0.5, 0.6) is 0 Å². The smallest absolute Gasteiger partial charge is 0.198 e. The summed E-state index contributed by atoms with van der Waals surface area (Å²) in [5, 5.41) is 4.34. The molecule has 18 heavy (non-hydrogen) atoms. The average Bonchev–Trinajstić information content (AvgIpc) is 2.97. The second kappa shape index (κ2) is 3.41. The zero-order chi connectivity index (χ0) is 12.1. The Morgan fingerprint density at radius 2 is 2.17 bits per heavy atom. The monoisotopic (exact) mass is 240 g/mol. The number of nitrogens with zero attached hydrogens (tertiary/aromatic N) is 4. The molecule has 0 aliphatic heterocycles. The first-order valence-electron chi connectivity index (χ1n) is 6.10. The van der Waals surface area contributed by atoms with E-state index in [1.807, 2.05) is 25.1 Å². The molecule has 1 aliphatic rings. The van der Waals surface area contributed by atoms with Crippen molar-refractivity contribution in [3.8, 4) is 11.6 Å². The third-order valence-corrected chi connectivity index (χ3v) is 3.19. The number of aryl methyl sites for hydroxylation is 1. The van der Waals surface area contributed by atoms with Crippen LogP contribution in [0.25, 0.3) is 17.2 Å². The van der Waals surface area contributed by atoms with Crippen molar-refractivity contribution in [3.63, 3.8) is 0 Å². The van der Waals surface area contributed by atoms with Gasteiger partial charge in [-0.15, -0.1) is 5.10 Å². The van der Waals surface area contributed by atoms with E-state index in [0.29, 0.717) is 11.7 Å². The third kappa shape index (κ3) is 1.44. The zero-order valence-corrected chi connectivity index (χ0v) is 10.00. The van der Waals surface area contributed by atoms with Crippen molar-refractivity contribution in [2.75, 3.05) is 0 Å². The summed E-state index contributed by atoms with van der Waals surface area (Å²) in [5.41, 5.74) is 0.793. The Bertz CT molecular complexity index is 724. The average molecular weight is 240 g/mol. The first-order chi connectivity index (χ1) is 8.81. The van der Waals surface area contributed by atoms with Gasteiger partial charge in [-0.25, -0.2) is 9.97 Å². The van der Waals surface area contributed by atoms with E-state index in [1.54, 1.807) is 10.7 Å². The summed E-state index contributed by atoms with van der Waals surface area (Å²) in [7, 11) is 0. The first kappa shape index (κ1) is 9.82. The van der Waals surface area contributed by atoms with Crippen LogP contribution in [0.15, 0.2) is 28.8 Å². The highest BCUT2D eigenvalue weighted by Crippen LogP contribution is 2.41. The fraction of sp³-hybridized carbons (Fsp3) is 0.308. The van der Waals surface area contributed by atoms with Crippen molar-refractivity contribution in [2.24, 2.45) is 0 Å². The van der Waals surface area contributed by atoms with Gasteiger partial charge in [0.2, 0.25) is 0 Å². The van der Waals surface area contributed by atoms with Crippen molar-refractivity contribution < 1.29 is 4.42 Å².